The molecule has 0 bridgehead atoms. The number of H-pyrrole nitrogens is 1. The van der Waals surface area contributed by atoms with Crippen LogP contribution < -0.4 is 5.56 Å². The van der Waals surface area contributed by atoms with Crippen molar-refractivity contribution in [3.63, 3.8) is 0 Å². The summed E-state index contributed by atoms with van der Waals surface area (Å²) >= 11 is 0. The highest BCUT2D eigenvalue weighted by Gasteiger charge is 2.31. The van der Waals surface area contributed by atoms with E-state index in [4.69, 9.17) is 4.42 Å². The zero-order chi connectivity index (χ0) is 27.5. The second kappa shape index (κ2) is 11.1. The topological polar surface area (TPSA) is 106 Å². The van der Waals surface area contributed by atoms with Gasteiger partial charge in [-0.1, -0.05) is 48.0 Å². The van der Waals surface area contributed by atoms with Gasteiger partial charge in [0.15, 0.2) is 5.82 Å². The molecule has 9 heteroatoms. The molecule has 0 aliphatic carbocycles. The highest BCUT2D eigenvalue weighted by atomic mass is 16.3. The van der Waals surface area contributed by atoms with Gasteiger partial charge in [0.25, 0.3) is 5.56 Å². The molecule has 1 atom stereocenters. The van der Waals surface area contributed by atoms with Gasteiger partial charge in [-0.2, -0.15) is 0 Å². The van der Waals surface area contributed by atoms with Crippen LogP contribution >= 0.6 is 0 Å². The first kappa shape index (κ1) is 25.4. The number of tetrazole rings is 1. The summed E-state index contributed by atoms with van der Waals surface area (Å²) in [5.74, 6) is 1.33. The third-order valence-electron chi connectivity index (χ3n) is 7.01. The van der Waals surface area contributed by atoms with Crippen LogP contribution in [-0.4, -0.2) is 35.1 Å². The summed E-state index contributed by atoms with van der Waals surface area (Å²) in [5, 5.41) is 13.9. The molecular weight excluding hydrogens is 502 g/mol. The van der Waals surface area contributed by atoms with Crippen molar-refractivity contribution in [3.8, 4) is 0 Å². The van der Waals surface area contributed by atoms with E-state index in [0.717, 1.165) is 38.9 Å². The fourth-order valence-corrected chi connectivity index (χ4v) is 5.25. The summed E-state index contributed by atoms with van der Waals surface area (Å²) in [5.41, 5.74) is 5.38. The Morgan fingerprint density at radius 3 is 2.60 bits per heavy atom. The highest BCUT2D eigenvalue weighted by molar-refractivity contribution is 5.83. The lowest BCUT2D eigenvalue weighted by Gasteiger charge is -2.30. The van der Waals surface area contributed by atoms with Gasteiger partial charge in [-0.25, -0.2) is 4.68 Å². The lowest BCUT2D eigenvalue weighted by molar-refractivity contribution is 0.179. The van der Waals surface area contributed by atoms with Crippen LogP contribution in [0.25, 0.3) is 10.9 Å². The van der Waals surface area contributed by atoms with Crippen molar-refractivity contribution in [2.24, 2.45) is 0 Å². The third kappa shape index (κ3) is 5.32. The van der Waals surface area contributed by atoms with Crippen molar-refractivity contribution in [2.75, 3.05) is 0 Å². The lowest BCUT2D eigenvalue weighted by atomic mass is 10.00. The van der Waals surface area contributed by atoms with Crippen molar-refractivity contribution in [1.82, 2.24) is 35.1 Å². The number of aromatic amines is 1. The van der Waals surface area contributed by atoms with Crippen LogP contribution in [0.2, 0.25) is 0 Å². The number of fused-ring (bicyclic) bond motifs is 1. The van der Waals surface area contributed by atoms with E-state index in [0.29, 0.717) is 31.0 Å². The Morgan fingerprint density at radius 1 is 0.975 bits per heavy atom. The fraction of sp³-hybridized carbons (Fsp3) is 0.194. The Balaban J connectivity index is 1.54. The highest BCUT2D eigenvalue weighted by Crippen LogP contribution is 2.31. The van der Waals surface area contributed by atoms with Crippen molar-refractivity contribution < 1.29 is 4.42 Å². The van der Waals surface area contributed by atoms with E-state index in [2.05, 4.69) is 49.4 Å². The van der Waals surface area contributed by atoms with Gasteiger partial charge in [-0.05, 0) is 76.7 Å². The summed E-state index contributed by atoms with van der Waals surface area (Å²) in [6.45, 7) is 5.44. The minimum absolute atomic E-state index is 0.186. The molecule has 4 heterocycles. The summed E-state index contributed by atoms with van der Waals surface area (Å²) in [7, 11) is 0. The van der Waals surface area contributed by atoms with Gasteiger partial charge in [-0.3, -0.25) is 14.7 Å². The zero-order valence-electron chi connectivity index (χ0n) is 22.4. The first-order valence-corrected chi connectivity index (χ1v) is 13.1. The standard InChI is InChI=1S/C31H29N7O2/c1-21-14-22(2)28-25(15-21)16-27(31(39)33-28)29(30-34-35-36-38(30)19-23-8-4-3-5-9-23)37(20-26-11-7-13-40-26)18-24-10-6-12-32-17-24/h3-17,29H,18-20H2,1-2H3,(H,33,39)/t29-/m1/s1. The van der Waals surface area contributed by atoms with Crippen molar-refractivity contribution in [2.45, 2.75) is 39.5 Å². The molecule has 40 heavy (non-hydrogen) atoms. The number of furan rings is 1. The van der Waals surface area contributed by atoms with E-state index in [1.165, 1.54) is 0 Å². The van der Waals surface area contributed by atoms with E-state index in [1.807, 2.05) is 73.8 Å². The lowest BCUT2D eigenvalue weighted by Crippen LogP contribution is -2.35. The fourth-order valence-electron chi connectivity index (χ4n) is 5.25. The summed E-state index contributed by atoms with van der Waals surface area (Å²) in [6.07, 6.45) is 5.23. The number of benzene rings is 2. The van der Waals surface area contributed by atoms with Crippen LogP contribution in [0.1, 0.15) is 45.4 Å². The number of hydrogen-bond donors (Lipinski definition) is 1. The van der Waals surface area contributed by atoms with Gasteiger partial charge in [0.2, 0.25) is 0 Å². The summed E-state index contributed by atoms with van der Waals surface area (Å²) in [6, 6.07) is 23.3. The molecule has 0 unspecified atom stereocenters. The van der Waals surface area contributed by atoms with Crippen molar-refractivity contribution in [3.05, 3.63) is 141 Å². The molecule has 0 aliphatic rings. The van der Waals surface area contributed by atoms with Gasteiger partial charge in [-0.15, -0.1) is 5.10 Å². The van der Waals surface area contributed by atoms with Crippen LogP contribution in [0.5, 0.6) is 0 Å². The molecule has 2 aromatic carbocycles. The molecule has 0 aliphatic heterocycles. The number of pyridine rings is 2. The number of aromatic nitrogens is 6. The van der Waals surface area contributed by atoms with Gasteiger partial charge in [0.05, 0.1) is 24.9 Å². The van der Waals surface area contributed by atoms with Gasteiger partial charge in [0, 0.05) is 24.5 Å². The number of hydrogen-bond acceptors (Lipinski definition) is 7. The second-order valence-electron chi connectivity index (χ2n) is 10.0. The number of rotatable bonds is 9. The molecule has 0 amide bonds. The predicted octanol–water partition coefficient (Wildman–Crippen LogP) is 4.96. The maximum absolute atomic E-state index is 13.8. The maximum Gasteiger partial charge on any atom is 0.253 e. The Kier molecular flexibility index (Phi) is 7.03. The second-order valence-corrected chi connectivity index (χ2v) is 10.0. The van der Waals surface area contributed by atoms with E-state index in [-0.39, 0.29) is 5.56 Å². The van der Waals surface area contributed by atoms with E-state index in [1.54, 1.807) is 17.1 Å². The van der Waals surface area contributed by atoms with Crippen LogP contribution in [0.3, 0.4) is 0 Å². The van der Waals surface area contributed by atoms with E-state index < -0.39 is 6.04 Å². The third-order valence-corrected chi connectivity index (χ3v) is 7.01. The molecule has 6 rings (SSSR count). The van der Waals surface area contributed by atoms with Crippen LogP contribution in [0.4, 0.5) is 0 Å². The van der Waals surface area contributed by atoms with Crippen LogP contribution in [0, 0.1) is 13.8 Å². The average Bonchev–Trinajstić information content (AvgIpc) is 3.63. The smallest absolute Gasteiger partial charge is 0.253 e. The Hall–Kier alpha value is -4.89. The minimum atomic E-state index is -0.585. The predicted molar refractivity (Wildman–Crippen MR) is 151 cm³/mol. The molecule has 1 N–H and O–H groups in total. The molecule has 0 saturated heterocycles. The molecule has 0 spiro atoms. The Morgan fingerprint density at radius 2 is 1.82 bits per heavy atom. The zero-order valence-corrected chi connectivity index (χ0v) is 22.4. The molecule has 0 fully saturated rings. The Labute approximate surface area is 231 Å². The van der Waals surface area contributed by atoms with E-state index in [9.17, 15) is 4.79 Å². The van der Waals surface area contributed by atoms with Gasteiger partial charge in [0.1, 0.15) is 11.8 Å². The maximum atomic E-state index is 13.8. The van der Waals surface area contributed by atoms with Crippen LogP contribution in [-0.2, 0) is 19.6 Å². The first-order chi connectivity index (χ1) is 19.5. The molecule has 0 saturated carbocycles. The summed E-state index contributed by atoms with van der Waals surface area (Å²) in [4.78, 5) is 23.5. The molecule has 6 aromatic rings. The molecule has 0 radical (unpaired) electrons. The number of nitrogens with zero attached hydrogens (tertiary/aromatic N) is 6. The minimum Gasteiger partial charge on any atom is -0.468 e. The first-order valence-electron chi connectivity index (χ1n) is 13.1. The number of nitrogens with one attached hydrogen (secondary N) is 1. The largest absolute Gasteiger partial charge is 0.468 e. The summed E-state index contributed by atoms with van der Waals surface area (Å²) < 4.78 is 7.53. The molecule has 200 valence electrons. The molecule has 4 aromatic heterocycles. The average molecular weight is 532 g/mol. The molecule has 9 nitrogen and oxygen atoms in total. The Bertz CT molecular complexity index is 1780. The molecular formula is C31H29N7O2. The van der Waals surface area contributed by atoms with Crippen molar-refractivity contribution in [1.29, 1.82) is 0 Å². The van der Waals surface area contributed by atoms with Gasteiger partial charge >= 0.3 is 0 Å². The normalized spacial score (nSPS) is 12.3. The van der Waals surface area contributed by atoms with E-state index >= 15 is 0 Å². The monoisotopic (exact) mass is 531 g/mol. The number of aryl methyl sites for hydroxylation is 2. The quantitative estimate of drug-likeness (QED) is 0.281. The SMILES string of the molecule is Cc1cc(C)c2[nH]c(=O)c([C@H](c3nnnn3Cc3ccccc3)N(Cc3cccnc3)Cc3ccco3)cc2c1. The van der Waals surface area contributed by atoms with Crippen LogP contribution in [0.15, 0.2) is 101 Å². The van der Waals surface area contributed by atoms with Gasteiger partial charge < -0.3 is 9.40 Å². The van der Waals surface area contributed by atoms with Crippen molar-refractivity contribution >= 4 is 10.9 Å².